The molecule has 0 aromatic heterocycles. The Morgan fingerprint density at radius 2 is 1.83 bits per heavy atom. The van der Waals surface area contributed by atoms with Crippen LogP contribution < -0.4 is 20.1 Å². The van der Waals surface area contributed by atoms with E-state index < -0.39 is 16.1 Å². The third-order valence-corrected chi connectivity index (χ3v) is 5.34. The van der Waals surface area contributed by atoms with Crippen LogP contribution in [0.3, 0.4) is 0 Å². The van der Waals surface area contributed by atoms with Gasteiger partial charge in [-0.15, -0.1) is 0 Å². The van der Waals surface area contributed by atoms with E-state index in [1.165, 1.54) is 30.3 Å². The Labute approximate surface area is 176 Å². The van der Waals surface area contributed by atoms with Crippen LogP contribution in [0.2, 0.25) is 0 Å². The maximum atomic E-state index is 12.2. The second kappa shape index (κ2) is 11.0. The number of ether oxygens (including phenoxy) is 1. The van der Waals surface area contributed by atoms with Crippen molar-refractivity contribution in [3.63, 3.8) is 0 Å². The zero-order valence-corrected chi connectivity index (χ0v) is 17.7. The number of amides is 3. The third kappa shape index (κ3) is 7.25. The monoisotopic (exact) mass is 431 g/mol. The molecule has 0 radical (unpaired) electrons. The summed E-state index contributed by atoms with van der Waals surface area (Å²) in [5.74, 6) is 0.309. The Kier molecular flexibility index (Phi) is 8.42. The van der Waals surface area contributed by atoms with Gasteiger partial charge in [0.1, 0.15) is 5.75 Å². The number of hydrogen-bond acceptors (Lipinski definition) is 5. The molecule has 0 aliphatic heterocycles. The number of unbranched alkanes of at least 4 members (excludes halogenated alkanes) is 1. The molecule has 3 amide bonds. The van der Waals surface area contributed by atoms with E-state index in [9.17, 15) is 18.0 Å². The minimum Gasteiger partial charge on any atom is -0.497 e. The zero-order valence-electron chi connectivity index (χ0n) is 16.8. The highest BCUT2D eigenvalue weighted by Crippen LogP contribution is 2.15. The van der Waals surface area contributed by atoms with Crippen LogP contribution in [-0.2, 0) is 14.8 Å². The summed E-state index contributed by atoms with van der Waals surface area (Å²) < 4.78 is 31.6. The fourth-order valence-corrected chi connectivity index (χ4v) is 3.34. The molecule has 0 atom stereocenters. The minimum atomic E-state index is -4.00. The van der Waals surface area contributed by atoms with Gasteiger partial charge in [-0.2, -0.15) is 0 Å². The summed E-state index contributed by atoms with van der Waals surface area (Å²) in [6.07, 6.45) is 4.64. The Morgan fingerprint density at radius 3 is 2.50 bits per heavy atom. The predicted molar refractivity (Wildman–Crippen MR) is 116 cm³/mol. The number of urea groups is 1. The summed E-state index contributed by atoms with van der Waals surface area (Å²) in [6, 6.07) is 12.0. The van der Waals surface area contributed by atoms with Gasteiger partial charge in [0, 0.05) is 18.3 Å². The largest absolute Gasteiger partial charge is 0.497 e. The molecule has 0 aliphatic carbocycles. The lowest BCUT2D eigenvalue weighted by Crippen LogP contribution is -2.39. The molecule has 3 N–H and O–H groups in total. The topological polar surface area (TPSA) is 114 Å². The predicted octanol–water partition coefficient (Wildman–Crippen LogP) is 3.14. The summed E-state index contributed by atoms with van der Waals surface area (Å²) in [7, 11) is -2.43. The molecule has 160 valence electrons. The lowest BCUT2D eigenvalue weighted by molar-refractivity contribution is -0.111. The molecule has 2 aromatic rings. The van der Waals surface area contributed by atoms with Crippen molar-refractivity contribution >= 4 is 33.7 Å². The molecule has 0 fully saturated rings. The maximum Gasteiger partial charge on any atom is 0.328 e. The Morgan fingerprint density at radius 1 is 1.10 bits per heavy atom. The van der Waals surface area contributed by atoms with Crippen molar-refractivity contribution in [1.29, 1.82) is 0 Å². The first-order valence-electron chi connectivity index (χ1n) is 9.38. The van der Waals surface area contributed by atoms with Crippen LogP contribution in [0.5, 0.6) is 5.75 Å². The van der Waals surface area contributed by atoms with Gasteiger partial charge in [-0.1, -0.05) is 25.5 Å². The summed E-state index contributed by atoms with van der Waals surface area (Å²) in [5.41, 5.74) is 1.22. The second-order valence-electron chi connectivity index (χ2n) is 6.34. The van der Waals surface area contributed by atoms with E-state index in [0.29, 0.717) is 18.0 Å². The Bertz CT molecular complexity index is 1000. The van der Waals surface area contributed by atoms with Crippen molar-refractivity contribution < 1.29 is 22.7 Å². The molecule has 30 heavy (non-hydrogen) atoms. The molecule has 9 heteroatoms. The van der Waals surface area contributed by atoms with Crippen molar-refractivity contribution in [2.24, 2.45) is 0 Å². The van der Waals surface area contributed by atoms with E-state index in [1.807, 2.05) is 23.8 Å². The fraction of sp³-hybridized carbons (Fsp3) is 0.238. The van der Waals surface area contributed by atoms with E-state index in [1.54, 1.807) is 25.3 Å². The van der Waals surface area contributed by atoms with Gasteiger partial charge >= 0.3 is 6.03 Å². The molecule has 0 spiro atoms. The molecule has 2 aromatic carbocycles. The molecule has 0 heterocycles. The quantitative estimate of drug-likeness (QED) is 0.417. The average Bonchev–Trinajstić information content (AvgIpc) is 2.72. The van der Waals surface area contributed by atoms with Crippen molar-refractivity contribution in [1.82, 2.24) is 10.0 Å². The van der Waals surface area contributed by atoms with Crippen LogP contribution in [0, 0.1) is 0 Å². The van der Waals surface area contributed by atoms with Crippen LogP contribution in [0.15, 0.2) is 59.5 Å². The molecular weight excluding hydrogens is 406 g/mol. The molecule has 0 unspecified atom stereocenters. The summed E-state index contributed by atoms with van der Waals surface area (Å²) in [4.78, 5) is 23.7. The number of rotatable bonds is 9. The van der Waals surface area contributed by atoms with Gasteiger partial charge in [0.15, 0.2) is 0 Å². The molecule has 0 bridgehead atoms. The van der Waals surface area contributed by atoms with E-state index >= 15 is 0 Å². The summed E-state index contributed by atoms with van der Waals surface area (Å²) >= 11 is 0. The van der Waals surface area contributed by atoms with Crippen LogP contribution in [0.25, 0.3) is 6.08 Å². The number of sulfonamides is 1. The van der Waals surface area contributed by atoms with E-state index in [4.69, 9.17) is 4.74 Å². The molecule has 0 saturated carbocycles. The molecule has 8 nitrogen and oxygen atoms in total. The number of benzene rings is 2. The number of methoxy groups -OCH3 is 1. The zero-order chi connectivity index (χ0) is 22.0. The second-order valence-corrected chi connectivity index (χ2v) is 8.02. The number of anilines is 1. The van der Waals surface area contributed by atoms with Gasteiger partial charge in [0.25, 0.3) is 10.0 Å². The van der Waals surface area contributed by atoms with Gasteiger partial charge in [-0.3, -0.25) is 4.79 Å². The first kappa shape index (κ1) is 23.0. The lowest BCUT2D eigenvalue weighted by atomic mass is 10.2. The minimum absolute atomic E-state index is 0.0851. The molecular formula is C21H25N3O5S. The first-order chi connectivity index (χ1) is 14.3. The summed E-state index contributed by atoms with van der Waals surface area (Å²) in [5, 5.41) is 5.12. The van der Waals surface area contributed by atoms with Gasteiger partial charge in [0.2, 0.25) is 5.91 Å². The maximum absolute atomic E-state index is 12.2. The fourth-order valence-electron chi connectivity index (χ4n) is 2.41. The number of nitrogens with one attached hydrogen (secondary N) is 3. The number of carbonyl (C=O) groups excluding carboxylic acids is 2. The van der Waals surface area contributed by atoms with Crippen molar-refractivity contribution in [2.75, 3.05) is 19.0 Å². The van der Waals surface area contributed by atoms with Gasteiger partial charge in [-0.05, 0) is 54.5 Å². The molecule has 0 aliphatic rings. The lowest BCUT2D eigenvalue weighted by Gasteiger charge is -2.09. The summed E-state index contributed by atoms with van der Waals surface area (Å²) in [6.45, 7) is 2.36. The molecule has 0 saturated heterocycles. The van der Waals surface area contributed by atoms with Gasteiger partial charge < -0.3 is 15.4 Å². The van der Waals surface area contributed by atoms with E-state index in [2.05, 4.69) is 10.6 Å². The average molecular weight is 432 g/mol. The van der Waals surface area contributed by atoms with Crippen LogP contribution in [0.4, 0.5) is 10.5 Å². The van der Waals surface area contributed by atoms with E-state index in [0.717, 1.165) is 18.4 Å². The van der Waals surface area contributed by atoms with Crippen LogP contribution in [-0.4, -0.2) is 34.0 Å². The highest BCUT2D eigenvalue weighted by Gasteiger charge is 2.17. The van der Waals surface area contributed by atoms with Crippen molar-refractivity contribution in [3.05, 3.63) is 60.2 Å². The standard InChI is InChI=1S/C21H25N3O5S/c1-3-4-14-22-21(26)24-30(27,28)19-11-9-17(10-12-19)23-20(25)13-8-16-6-5-7-18(15-16)29-2/h5-13,15H,3-4,14H2,1-2H3,(H,23,25)(H2,22,24,26)/b13-8+. The van der Waals surface area contributed by atoms with Crippen molar-refractivity contribution in [3.8, 4) is 5.75 Å². The normalized spacial score (nSPS) is 11.1. The number of carbonyl (C=O) groups is 2. The number of hydrogen-bond donors (Lipinski definition) is 3. The molecule has 2 rings (SSSR count). The highest BCUT2D eigenvalue weighted by atomic mass is 32.2. The first-order valence-corrected chi connectivity index (χ1v) is 10.9. The Balaban J connectivity index is 1.95. The van der Waals surface area contributed by atoms with Gasteiger partial charge in [0.05, 0.1) is 12.0 Å². The van der Waals surface area contributed by atoms with E-state index in [-0.39, 0.29) is 10.8 Å². The SMILES string of the molecule is CCCCNC(=O)NS(=O)(=O)c1ccc(NC(=O)/C=C/c2cccc(OC)c2)cc1. The highest BCUT2D eigenvalue weighted by molar-refractivity contribution is 7.90. The van der Waals surface area contributed by atoms with Crippen molar-refractivity contribution in [2.45, 2.75) is 24.7 Å². The smallest absolute Gasteiger partial charge is 0.328 e. The van der Waals surface area contributed by atoms with Crippen LogP contribution in [0.1, 0.15) is 25.3 Å². The van der Waals surface area contributed by atoms with Crippen LogP contribution >= 0.6 is 0 Å². The third-order valence-electron chi connectivity index (χ3n) is 4.00. The van der Waals surface area contributed by atoms with Gasteiger partial charge in [-0.25, -0.2) is 17.9 Å². The Hall–Kier alpha value is -3.33.